The zero-order chi connectivity index (χ0) is 80.0. The number of aromatic nitrogens is 6. The first-order valence-electron chi connectivity index (χ1n) is 41.7. The van der Waals surface area contributed by atoms with Gasteiger partial charge in [0, 0.05) is 97.0 Å². The first-order chi connectivity index (χ1) is 61.0. The van der Waals surface area contributed by atoms with Crippen molar-refractivity contribution >= 4 is 218 Å². The number of hydrogen-bond acceptors (Lipinski definition) is 8. The van der Waals surface area contributed by atoms with Gasteiger partial charge in [-0.3, -0.25) is 19.9 Å². The zero-order valence-electron chi connectivity index (χ0n) is 65.5. The maximum atomic E-state index is 6.82. The molecule has 0 N–H and O–H groups in total. The zero-order valence-corrected chi connectivity index (χ0v) is 68.1. The van der Waals surface area contributed by atoms with E-state index in [0.29, 0.717) is 0 Å². The Morgan fingerprint density at radius 1 is 0.203 bits per heavy atom. The van der Waals surface area contributed by atoms with E-state index in [1.807, 2.05) is 91.8 Å². The summed E-state index contributed by atoms with van der Waals surface area (Å²) in [5.74, 6) is 0.887. The molecule has 0 aliphatic carbocycles. The average molecular weight is 1640 g/mol. The van der Waals surface area contributed by atoms with E-state index in [1.165, 1.54) is 258 Å². The van der Waals surface area contributed by atoms with Crippen molar-refractivity contribution in [3.05, 3.63) is 366 Å². The fourth-order valence-electron chi connectivity index (χ4n) is 21.7. The molecule has 0 fully saturated rings. The van der Waals surface area contributed by atoms with E-state index >= 15 is 0 Å². The van der Waals surface area contributed by atoms with Gasteiger partial charge in [0.05, 0.1) is 0 Å². The van der Waals surface area contributed by atoms with E-state index in [4.69, 9.17) is 4.42 Å². The third-order valence-corrected chi connectivity index (χ3v) is 30.6. The fraction of sp³-hybridized carbons (Fsp3) is 0. The summed E-state index contributed by atoms with van der Waals surface area (Å²) in [6.07, 6.45) is 22.7. The van der Waals surface area contributed by atoms with Crippen LogP contribution < -0.4 is 0 Å². The van der Waals surface area contributed by atoms with Gasteiger partial charge in [-0.25, -0.2) is 0 Å². The van der Waals surface area contributed by atoms with Gasteiger partial charge in [0.25, 0.3) is 0 Å². The molecule has 0 unspecified atom stereocenters. The summed E-state index contributed by atoms with van der Waals surface area (Å²) in [5.41, 5.74) is 19.3. The van der Waals surface area contributed by atoms with Crippen LogP contribution in [0.25, 0.3) is 291 Å². The average Bonchev–Trinajstić information content (AvgIpc) is 1.52. The van der Waals surface area contributed by atoms with Crippen molar-refractivity contribution in [2.45, 2.75) is 0 Å². The molecule has 9 heterocycles. The van der Waals surface area contributed by atoms with E-state index in [9.17, 15) is 0 Å². The molecule has 9 heteroatoms. The van der Waals surface area contributed by atoms with Gasteiger partial charge in [-0.15, -0.1) is 11.3 Å². The Kier molecular flexibility index (Phi) is 14.0. The first-order valence-corrected chi connectivity index (χ1v) is 44.2. The smallest absolute Gasteiger partial charge is 0.143 e. The molecule has 30 rings (SSSR count). The Hall–Kier alpha value is -15.5. The summed E-state index contributed by atoms with van der Waals surface area (Å²) in [6, 6.07) is 107. The molecule has 21 aromatic carbocycles. The summed E-state index contributed by atoms with van der Waals surface area (Å²) in [4.78, 5) is 27.2. The molecule has 564 valence electrons. The predicted octanol–water partition coefficient (Wildman–Crippen LogP) is 30.8. The quantitative estimate of drug-likeness (QED) is 0.105. The molecule has 0 atom stereocenters. The second-order valence-corrected chi connectivity index (χ2v) is 36.1. The number of pyridine rings is 6. The third kappa shape index (κ3) is 9.47. The van der Waals surface area contributed by atoms with Crippen molar-refractivity contribution in [3.8, 4) is 98.5 Å². The van der Waals surface area contributed by atoms with E-state index in [-0.39, 0.29) is 14.5 Å². The Morgan fingerprint density at radius 2 is 0.504 bits per heavy atom. The minimum absolute atomic E-state index is 0.197. The molecule has 9 aromatic heterocycles. The van der Waals surface area contributed by atoms with E-state index in [2.05, 4.69) is 315 Å². The van der Waals surface area contributed by atoms with Gasteiger partial charge in [-0.1, -0.05) is 109 Å². The maximum absolute atomic E-state index is 6.82. The number of fused-ring (bicyclic) bond motifs is 9. The van der Waals surface area contributed by atoms with Crippen molar-refractivity contribution in [1.29, 1.82) is 0 Å². The van der Waals surface area contributed by atoms with Crippen LogP contribution in [0, 0.1) is 0 Å². The summed E-state index contributed by atoms with van der Waals surface area (Å²) in [5, 5.41) is 44.1. The SMILES string of the molecule is c1ccc(-c2cc3c4cc(-c5ccncc5)c5ccc6ccc7c(-c8ccncc8)cc(c3[se]2)c2c7c6c5c42)cc1.c1ccc(-c2cc3c4cc(-c5ccncc5)c5ccc6ccc7c(-c8ccncc8)cc(c3o2)c2c7c6c5c42)cc1.c1ccc(-c2cc3c4cc(-c5ccncc5)c5ccc6ccc7c(-c8ccncc8)cc(c3s2)c2c7c6c5c42)cc1. The van der Waals surface area contributed by atoms with Crippen LogP contribution in [0.1, 0.15) is 0 Å². The predicted molar refractivity (Wildman–Crippen MR) is 518 cm³/mol. The van der Waals surface area contributed by atoms with Crippen LogP contribution in [-0.4, -0.2) is 44.4 Å². The molecule has 0 bridgehead atoms. The first kappa shape index (κ1) is 67.4. The molecular formula is C114H60N6OSSe. The van der Waals surface area contributed by atoms with Crippen molar-refractivity contribution < 1.29 is 4.42 Å². The Bertz CT molecular complexity index is 8050. The van der Waals surface area contributed by atoms with Crippen molar-refractivity contribution in [1.82, 2.24) is 29.9 Å². The van der Waals surface area contributed by atoms with Crippen molar-refractivity contribution in [3.63, 3.8) is 0 Å². The van der Waals surface area contributed by atoms with Crippen LogP contribution in [0.5, 0.6) is 0 Å². The van der Waals surface area contributed by atoms with Gasteiger partial charge in [0.2, 0.25) is 0 Å². The monoisotopic (exact) mass is 1640 g/mol. The Morgan fingerprint density at radius 3 is 0.894 bits per heavy atom. The molecule has 0 amide bonds. The fourth-order valence-corrected chi connectivity index (χ4v) is 25.4. The van der Waals surface area contributed by atoms with Crippen molar-refractivity contribution in [2.75, 3.05) is 0 Å². The molecular weight excluding hydrogens is 1580 g/mol. The summed E-state index contributed by atoms with van der Waals surface area (Å²) in [7, 11) is 0. The van der Waals surface area contributed by atoms with Gasteiger partial charge in [0.1, 0.15) is 11.3 Å². The number of furan rings is 1. The second-order valence-electron chi connectivity index (χ2n) is 32.9. The molecule has 0 aliphatic heterocycles. The molecule has 0 aliphatic rings. The van der Waals surface area contributed by atoms with E-state index in [1.54, 1.807) is 0 Å². The molecule has 7 nitrogen and oxygen atoms in total. The van der Waals surface area contributed by atoms with Crippen LogP contribution in [0.4, 0.5) is 0 Å². The molecule has 0 saturated carbocycles. The summed E-state index contributed by atoms with van der Waals surface area (Å²) < 4.78 is 11.1. The Balaban J connectivity index is 0.0000000946. The van der Waals surface area contributed by atoms with Crippen LogP contribution in [0.2, 0.25) is 0 Å². The van der Waals surface area contributed by atoms with E-state index in [0.717, 1.165) is 33.2 Å². The van der Waals surface area contributed by atoms with Gasteiger partial charge < -0.3 is 4.42 Å². The standard InChI is InChI=1S/C38H20N2O.C38H20N2S.C38H20N2Se/c3*1-2-4-23(5-3-1)32-20-30-29-18-27(21-10-14-39-15-11-21)25-8-6-24-7-9-26-28(22-12-16-40-17-13-22)19-31(38(30)41-32)37-35(26)33(24)34(25)36(29)37/h3*1-20H. The number of benzene rings is 18. The van der Waals surface area contributed by atoms with Gasteiger partial charge in [0.15, 0.2) is 0 Å². The normalized spacial score (nSPS) is 12.4. The largest absolute Gasteiger partial charge is 0.455 e. The molecule has 0 spiro atoms. The molecule has 0 radical (unpaired) electrons. The van der Waals surface area contributed by atoms with Crippen molar-refractivity contribution in [2.24, 2.45) is 0 Å². The summed E-state index contributed by atoms with van der Waals surface area (Å²) >= 11 is 2.11. The molecule has 0 saturated heterocycles. The van der Waals surface area contributed by atoms with Gasteiger partial charge >= 0.3 is 242 Å². The minimum atomic E-state index is 0.197. The van der Waals surface area contributed by atoms with Crippen LogP contribution in [0.3, 0.4) is 0 Å². The van der Waals surface area contributed by atoms with Crippen LogP contribution >= 0.6 is 11.3 Å². The Labute approximate surface area is 711 Å². The van der Waals surface area contributed by atoms with E-state index < -0.39 is 0 Å². The topological polar surface area (TPSA) is 90.5 Å². The molecule has 123 heavy (non-hydrogen) atoms. The summed E-state index contributed by atoms with van der Waals surface area (Å²) in [6.45, 7) is 0. The van der Waals surface area contributed by atoms with Crippen LogP contribution in [-0.2, 0) is 0 Å². The number of hydrogen-bond donors (Lipinski definition) is 0. The number of rotatable bonds is 9. The maximum Gasteiger partial charge on any atom is 0.143 e. The minimum Gasteiger partial charge on any atom is -0.455 e. The number of nitrogens with zero attached hydrogens (tertiary/aromatic N) is 6. The third-order valence-electron chi connectivity index (χ3n) is 26.8. The second kappa shape index (κ2) is 25.5. The van der Waals surface area contributed by atoms with Gasteiger partial charge in [-0.05, 0) is 221 Å². The van der Waals surface area contributed by atoms with Crippen LogP contribution in [0.15, 0.2) is 370 Å². The number of thiophene rings is 1. The molecule has 30 aromatic rings. The van der Waals surface area contributed by atoms with Gasteiger partial charge in [-0.2, -0.15) is 0 Å².